The molecular weight excluding hydrogens is 810 g/mol. The zero-order valence-corrected chi connectivity index (χ0v) is 34.0. The van der Waals surface area contributed by atoms with Gasteiger partial charge >= 0.3 is 12.2 Å². The number of rotatable bonds is 10. The van der Waals surface area contributed by atoms with Gasteiger partial charge in [-0.05, 0) is 56.4 Å². The normalized spacial score (nSPS) is 27.3. The number of ether oxygens (including phenoxy) is 5. The fraction of sp³-hybridized carbons (Fsp3) is 0.432. The number of alkyl carbamates (subject to hydrolysis) is 1. The SMILES string of the molecule is COc1cccc2c1C(=O)c1c(O)c3c(c(O)c1C2=O)C[C@@](O)(C(=O)CO)C[C@@H]3O[C@H]1C[C@@H](NC(=O)OCc2ccc(OC(=O)NC3CC/C=C/CCC3N)cc2)[C@H](O)C(C)O1. The molecule has 0 aromatic heterocycles. The lowest BCUT2D eigenvalue weighted by Gasteiger charge is -2.42. The van der Waals surface area contributed by atoms with E-state index in [9.17, 15) is 49.5 Å². The molecule has 0 saturated carbocycles. The van der Waals surface area contributed by atoms with Gasteiger partial charge in [0, 0.05) is 48.0 Å². The second-order valence-electron chi connectivity index (χ2n) is 15.9. The summed E-state index contributed by atoms with van der Waals surface area (Å²) < 4.78 is 28.3. The summed E-state index contributed by atoms with van der Waals surface area (Å²) in [5.41, 5.74) is 2.61. The number of nitrogens with two attached hydrogens (primary N) is 1. The third-order valence-corrected chi connectivity index (χ3v) is 11.9. The van der Waals surface area contributed by atoms with Crippen molar-refractivity contribution in [2.75, 3.05) is 13.7 Å². The molecule has 0 bridgehead atoms. The van der Waals surface area contributed by atoms with Gasteiger partial charge in [0.15, 0.2) is 17.9 Å². The van der Waals surface area contributed by atoms with Crippen molar-refractivity contribution in [3.63, 3.8) is 0 Å². The van der Waals surface area contributed by atoms with E-state index in [4.69, 9.17) is 29.4 Å². The van der Waals surface area contributed by atoms with E-state index in [0.717, 1.165) is 19.3 Å². The molecule has 2 amide bonds. The van der Waals surface area contributed by atoms with E-state index < -0.39 is 108 Å². The number of aromatic hydroxyl groups is 2. The van der Waals surface area contributed by atoms with E-state index >= 15 is 0 Å². The molecule has 0 radical (unpaired) electrons. The van der Waals surface area contributed by atoms with Crippen molar-refractivity contribution in [3.8, 4) is 23.0 Å². The molecule has 330 valence electrons. The summed E-state index contributed by atoms with van der Waals surface area (Å²) in [6.07, 6.45) is -0.882. The lowest BCUT2D eigenvalue weighted by molar-refractivity contribution is -0.249. The molecule has 1 fully saturated rings. The molecule has 1 aliphatic heterocycles. The van der Waals surface area contributed by atoms with Gasteiger partial charge in [-0.2, -0.15) is 0 Å². The van der Waals surface area contributed by atoms with E-state index in [1.165, 1.54) is 44.4 Å². The number of methoxy groups -OCH3 is 1. The number of nitrogens with one attached hydrogen (secondary N) is 2. The van der Waals surface area contributed by atoms with Gasteiger partial charge in [0.05, 0.1) is 42.0 Å². The number of phenols is 2. The average Bonchev–Trinajstić information content (AvgIpc) is 3.24. The molecule has 0 spiro atoms. The van der Waals surface area contributed by atoms with Gasteiger partial charge in [-0.1, -0.05) is 36.4 Å². The van der Waals surface area contributed by atoms with Crippen LogP contribution < -0.4 is 25.8 Å². The number of aliphatic hydroxyl groups excluding tert-OH is 2. The van der Waals surface area contributed by atoms with E-state index in [2.05, 4.69) is 22.8 Å². The van der Waals surface area contributed by atoms with Crippen LogP contribution in [0.2, 0.25) is 0 Å². The Balaban J connectivity index is 1.04. The molecule has 1 heterocycles. The number of allylic oxidation sites excluding steroid dienone is 2. The van der Waals surface area contributed by atoms with Gasteiger partial charge in [0.25, 0.3) is 0 Å². The Morgan fingerprint density at radius 3 is 2.32 bits per heavy atom. The van der Waals surface area contributed by atoms with Gasteiger partial charge in [0.2, 0.25) is 5.78 Å². The average molecular weight is 860 g/mol. The number of aliphatic hydroxyl groups is 3. The maximum atomic E-state index is 14.0. The summed E-state index contributed by atoms with van der Waals surface area (Å²) >= 11 is 0. The molecule has 3 aromatic carbocycles. The van der Waals surface area contributed by atoms with Crippen LogP contribution in [0.5, 0.6) is 23.0 Å². The summed E-state index contributed by atoms with van der Waals surface area (Å²) in [6, 6.07) is 9.10. The smallest absolute Gasteiger partial charge is 0.412 e. The van der Waals surface area contributed by atoms with Crippen LogP contribution in [0, 0.1) is 0 Å². The van der Waals surface area contributed by atoms with Gasteiger partial charge in [-0.15, -0.1) is 0 Å². The minimum absolute atomic E-state index is 0.0486. The fourth-order valence-electron chi connectivity index (χ4n) is 8.54. The molecule has 3 aliphatic carbocycles. The van der Waals surface area contributed by atoms with Crippen molar-refractivity contribution in [1.29, 1.82) is 0 Å². The number of ketones is 3. The van der Waals surface area contributed by atoms with Gasteiger partial charge < -0.3 is 65.6 Å². The van der Waals surface area contributed by atoms with E-state index in [-0.39, 0.29) is 58.9 Å². The fourth-order valence-corrected chi connectivity index (χ4v) is 8.54. The minimum atomic E-state index is -2.37. The highest BCUT2D eigenvalue weighted by Crippen LogP contribution is 2.52. The molecule has 1 saturated heterocycles. The number of amides is 2. The van der Waals surface area contributed by atoms with Crippen molar-refractivity contribution in [2.24, 2.45) is 5.73 Å². The third-order valence-electron chi connectivity index (χ3n) is 11.9. The highest BCUT2D eigenvalue weighted by atomic mass is 16.7. The molecule has 18 nitrogen and oxygen atoms in total. The molecule has 3 unspecified atom stereocenters. The first-order valence-electron chi connectivity index (χ1n) is 20.3. The van der Waals surface area contributed by atoms with Crippen molar-refractivity contribution in [3.05, 3.63) is 93.6 Å². The van der Waals surface area contributed by atoms with Crippen molar-refractivity contribution in [1.82, 2.24) is 10.6 Å². The number of carbonyl (C=O) groups is 5. The highest BCUT2D eigenvalue weighted by molar-refractivity contribution is 6.31. The minimum Gasteiger partial charge on any atom is -0.507 e. The first-order chi connectivity index (χ1) is 29.6. The summed E-state index contributed by atoms with van der Waals surface area (Å²) in [4.78, 5) is 66.3. The maximum absolute atomic E-state index is 14.0. The Labute approximate surface area is 355 Å². The number of fused-ring (bicyclic) bond motifs is 3. The van der Waals surface area contributed by atoms with Crippen molar-refractivity contribution < 1.29 is 73.2 Å². The first kappa shape index (κ1) is 44.2. The summed E-state index contributed by atoms with van der Waals surface area (Å²) in [6.45, 7) is 0.211. The number of hydrogen-bond acceptors (Lipinski definition) is 16. The van der Waals surface area contributed by atoms with Crippen LogP contribution in [0.15, 0.2) is 54.6 Å². The summed E-state index contributed by atoms with van der Waals surface area (Å²) in [7, 11) is 1.30. The molecule has 7 rings (SSSR count). The number of carbonyl (C=O) groups excluding carboxylic acids is 5. The Bertz CT molecular complexity index is 2280. The standard InChI is InChI=1S/C44H49N3O15/c1-21-37(50)28(47-42(55)59-20-22-12-14-23(15-13-22)61-43(56)46-27-10-6-4-3-5-9-26(27)45)16-32(60-21)62-30-18-44(57,31(49)19-48)17-25-34(30)41(54)36-35(39(25)52)38(51)24-8-7-11-29(58-2)33(24)40(36)53/h3-4,7-8,11-15,21,26-28,30,32,37,48,50,52,54,57H,5-6,9-10,16-20,45H2,1-2H3,(H,46,56)(H,47,55)/b4-3+/t21?,26?,27?,28-,30+,32+,37-,44+/m1/s1. The number of hydrogen-bond donors (Lipinski definition) is 8. The second-order valence-corrected chi connectivity index (χ2v) is 15.9. The summed E-state index contributed by atoms with van der Waals surface area (Å²) in [5, 5.41) is 61.2. The van der Waals surface area contributed by atoms with E-state index in [0.29, 0.717) is 12.0 Å². The van der Waals surface area contributed by atoms with Crippen LogP contribution in [0.25, 0.3) is 0 Å². The van der Waals surface area contributed by atoms with Crippen LogP contribution in [-0.2, 0) is 32.0 Å². The summed E-state index contributed by atoms with van der Waals surface area (Å²) in [5.74, 6) is -3.91. The third kappa shape index (κ3) is 8.74. The van der Waals surface area contributed by atoms with E-state index in [1.807, 2.05) is 0 Å². The lowest BCUT2D eigenvalue weighted by atomic mass is 9.72. The van der Waals surface area contributed by atoms with E-state index in [1.54, 1.807) is 12.1 Å². The van der Waals surface area contributed by atoms with Gasteiger partial charge in [-0.25, -0.2) is 9.59 Å². The predicted octanol–water partition coefficient (Wildman–Crippen LogP) is 2.88. The molecule has 62 heavy (non-hydrogen) atoms. The van der Waals surface area contributed by atoms with Crippen LogP contribution >= 0.6 is 0 Å². The largest absolute Gasteiger partial charge is 0.507 e. The predicted molar refractivity (Wildman–Crippen MR) is 216 cm³/mol. The molecule has 9 N–H and O–H groups in total. The topological polar surface area (TPSA) is 283 Å². The lowest BCUT2D eigenvalue weighted by Crippen LogP contribution is -2.56. The molecular formula is C44H49N3O15. The monoisotopic (exact) mass is 859 g/mol. The molecule has 4 aliphatic rings. The van der Waals surface area contributed by atoms with Gasteiger partial charge in [-0.3, -0.25) is 14.4 Å². The quantitative estimate of drug-likeness (QED) is 0.0841. The Morgan fingerprint density at radius 1 is 0.919 bits per heavy atom. The number of benzene rings is 3. The molecule has 18 heteroatoms. The van der Waals surface area contributed by atoms with Crippen LogP contribution in [0.3, 0.4) is 0 Å². The van der Waals surface area contributed by atoms with Crippen LogP contribution in [0.4, 0.5) is 9.59 Å². The Kier molecular flexibility index (Phi) is 13.0. The number of Topliss-reactive ketones (excluding diaryl/α,β-unsaturated/α-hetero) is 1. The number of phenolic OH excluding ortho intramolecular Hbond substituents is 2. The van der Waals surface area contributed by atoms with Crippen molar-refractivity contribution in [2.45, 2.75) is 107 Å². The molecule has 3 aromatic rings. The van der Waals surface area contributed by atoms with Gasteiger partial charge in [0.1, 0.15) is 47.9 Å². The van der Waals surface area contributed by atoms with Crippen molar-refractivity contribution >= 4 is 29.5 Å². The zero-order valence-electron chi connectivity index (χ0n) is 34.0. The second kappa shape index (κ2) is 18.2. The maximum Gasteiger partial charge on any atom is 0.412 e. The zero-order chi connectivity index (χ0) is 44.5. The Morgan fingerprint density at radius 2 is 1.61 bits per heavy atom. The van der Waals surface area contributed by atoms with Crippen LogP contribution in [0.1, 0.15) is 100 Å². The first-order valence-corrected chi connectivity index (χ1v) is 20.3. The highest BCUT2D eigenvalue weighted by Gasteiger charge is 2.50. The van der Waals surface area contributed by atoms with Crippen LogP contribution in [-0.4, -0.2) is 111 Å². The molecule has 8 atom stereocenters. The Hall–Kier alpha value is -5.89.